The summed E-state index contributed by atoms with van der Waals surface area (Å²) in [6.07, 6.45) is 2.14. The van der Waals surface area contributed by atoms with Crippen LogP contribution in [0.5, 0.6) is 0 Å². The fourth-order valence-electron chi connectivity index (χ4n) is 4.47. The van der Waals surface area contributed by atoms with Crippen molar-refractivity contribution in [3.63, 3.8) is 0 Å². The van der Waals surface area contributed by atoms with Crippen LogP contribution >= 0.6 is 15.9 Å². The predicted molar refractivity (Wildman–Crippen MR) is 150 cm³/mol. The number of amides is 1. The van der Waals surface area contributed by atoms with Crippen molar-refractivity contribution in [2.24, 2.45) is 0 Å². The SMILES string of the molecule is C[C@H]1O[C@H](c2cn(-c3ccc(Br)cc3)nc2-c2ccc(F)cc2)N(CCc2ccc(NS(C)(=O)=O)cc2)C1=O. The molecule has 8 nitrogen and oxygen atoms in total. The number of sulfonamides is 1. The standard InChI is InChI=1S/C28H26BrFN4O4S/c1-18-27(35)33(16-15-19-3-11-23(12-4-19)32-39(2,36)37)28(38-18)25-17-34(24-13-7-21(29)8-14-24)31-26(25)20-5-9-22(30)10-6-20/h3-14,17-18,28,32H,15-16H2,1-2H3/t18-,28-/m1/s1. The van der Waals surface area contributed by atoms with Crippen molar-refractivity contribution in [2.75, 3.05) is 17.5 Å². The minimum absolute atomic E-state index is 0.142. The largest absolute Gasteiger partial charge is 0.341 e. The second-order valence-electron chi connectivity index (χ2n) is 9.34. The summed E-state index contributed by atoms with van der Waals surface area (Å²) in [6.45, 7) is 2.09. The Hall–Kier alpha value is -3.54. The third-order valence-corrected chi connectivity index (χ3v) is 7.50. The molecule has 5 rings (SSSR count). The molecule has 1 aliphatic rings. The molecule has 0 bridgehead atoms. The van der Waals surface area contributed by atoms with Crippen molar-refractivity contribution in [2.45, 2.75) is 25.7 Å². The highest BCUT2D eigenvalue weighted by Crippen LogP contribution is 2.37. The van der Waals surface area contributed by atoms with Crippen molar-refractivity contribution in [1.29, 1.82) is 0 Å². The summed E-state index contributed by atoms with van der Waals surface area (Å²) in [5, 5.41) is 4.80. The summed E-state index contributed by atoms with van der Waals surface area (Å²) in [7, 11) is -3.37. The molecular formula is C28H26BrFN4O4S. The number of aromatic nitrogens is 2. The van der Waals surface area contributed by atoms with Crippen LogP contribution < -0.4 is 4.72 Å². The van der Waals surface area contributed by atoms with Crippen LogP contribution in [0.1, 0.15) is 24.3 Å². The number of hydrogen-bond acceptors (Lipinski definition) is 5. The number of nitrogens with one attached hydrogen (secondary N) is 1. The summed E-state index contributed by atoms with van der Waals surface area (Å²) in [5.41, 5.74) is 4.20. The molecule has 0 unspecified atom stereocenters. The van der Waals surface area contributed by atoms with Gasteiger partial charge in [-0.2, -0.15) is 5.10 Å². The van der Waals surface area contributed by atoms with Crippen molar-refractivity contribution >= 4 is 37.5 Å². The molecule has 2 heterocycles. The highest BCUT2D eigenvalue weighted by Gasteiger charge is 2.40. The van der Waals surface area contributed by atoms with E-state index in [4.69, 9.17) is 9.84 Å². The van der Waals surface area contributed by atoms with Crippen LogP contribution in [0.3, 0.4) is 0 Å². The maximum absolute atomic E-state index is 13.7. The van der Waals surface area contributed by atoms with Crippen LogP contribution in [0.25, 0.3) is 16.9 Å². The smallest absolute Gasteiger partial charge is 0.253 e. The van der Waals surface area contributed by atoms with Gasteiger partial charge in [0, 0.05) is 34.0 Å². The van der Waals surface area contributed by atoms with E-state index in [9.17, 15) is 17.6 Å². The molecule has 4 aromatic rings. The zero-order valence-corrected chi connectivity index (χ0v) is 23.6. The highest BCUT2D eigenvalue weighted by molar-refractivity contribution is 9.10. The molecule has 0 spiro atoms. The van der Waals surface area contributed by atoms with Gasteiger partial charge in [0.05, 0.1) is 11.9 Å². The number of hydrogen-bond donors (Lipinski definition) is 1. The normalized spacial score (nSPS) is 17.5. The molecule has 1 fully saturated rings. The molecule has 1 amide bonds. The molecular weight excluding hydrogens is 587 g/mol. The molecule has 1 N–H and O–H groups in total. The van der Waals surface area contributed by atoms with Crippen LogP contribution in [-0.2, 0) is 26.0 Å². The van der Waals surface area contributed by atoms with E-state index in [0.29, 0.717) is 35.5 Å². The van der Waals surface area contributed by atoms with Crippen LogP contribution in [0, 0.1) is 5.82 Å². The molecule has 2 atom stereocenters. The Bertz CT molecular complexity index is 1590. The molecule has 3 aromatic carbocycles. The number of nitrogens with zero attached hydrogens (tertiary/aromatic N) is 3. The van der Waals surface area contributed by atoms with Crippen molar-refractivity contribution in [3.05, 3.63) is 100 Å². The first kappa shape index (κ1) is 27.0. The molecule has 39 heavy (non-hydrogen) atoms. The lowest BCUT2D eigenvalue weighted by atomic mass is 10.1. The van der Waals surface area contributed by atoms with Gasteiger partial charge in [0.1, 0.15) is 17.6 Å². The molecule has 0 saturated carbocycles. The zero-order chi connectivity index (χ0) is 27.7. The number of carbonyl (C=O) groups is 1. The topological polar surface area (TPSA) is 93.5 Å². The Morgan fingerprint density at radius 2 is 1.69 bits per heavy atom. The first-order valence-electron chi connectivity index (χ1n) is 12.2. The van der Waals surface area contributed by atoms with Crippen molar-refractivity contribution in [1.82, 2.24) is 14.7 Å². The van der Waals surface area contributed by atoms with Crippen LogP contribution in [0.4, 0.5) is 10.1 Å². The van der Waals surface area contributed by atoms with E-state index in [0.717, 1.165) is 22.0 Å². The number of halogens is 2. The summed E-state index contributed by atoms with van der Waals surface area (Å²) < 4.78 is 47.9. The Morgan fingerprint density at radius 1 is 1.03 bits per heavy atom. The van der Waals surface area contributed by atoms with E-state index in [1.54, 1.807) is 40.8 Å². The summed E-state index contributed by atoms with van der Waals surface area (Å²) in [5.74, 6) is -0.496. The van der Waals surface area contributed by atoms with Gasteiger partial charge in [-0.05, 0) is 79.6 Å². The van der Waals surface area contributed by atoms with Gasteiger partial charge in [0.25, 0.3) is 5.91 Å². The zero-order valence-electron chi connectivity index (χ0n) is 21.2. The van der Waals surface area contributed by atoms with Crippen LogP contribution in [-0.4, -0.2) is 47.9 Å². The lowest BCUT2D eigenvalue weighted by Gasteiger charge is -2.23. The fraction of sp³-hybridized carbons (Fsp3) is 0.214. The van der Waals surface area contributed by atoms with Crippen LogP contribution in [0.2, 0.25) is 0 Å². The van der Waals surface area contributed by atoms with E-state index in [2.05, 4.69) is 20.7 Å². The van der Waals surface area contributed by atoms with E-state index in [1.165, 1.54) is 12.1 Å². The number of carbonyl (C=O) groups excluding carboxylic acids is 1. The average molecular weight is 614 g/mol. The number of benzene rings is 3. The third kappa shape index (κ3) is 6.21. The number of anilines is 1. The minimum atomic E-state index is -3.37. The highest BCUT2D eigenvalue weighted by atomic mass is 79.9. The van der Waals surface area contributed by atoms with Crippen molar-refractivity contribution in [3.8, 4) is 16.9 Å². The number of rotatable bonds is 8. The molecule has 11 heteroatoms. The molecule has 0 aliphatic carbocycles. The molecule has 1 aromatic heterocycles. The molecule has 0 radical (unpaired) electrons. The summed E-state index contributed by atoms with van der Waals surface area (Å²) >= 11 is 3.45. The maximum atomic E-state index is 13.7. The lowest BCUT2D eigenvalue weighted by Crippen LogP contribution is -2.32. The van der Waals surface area contributed by atoms with Gasteiger partial charge in [-0.3, -0.25) is 9.52 Å². The van der Waals surface area contributed by atoms with Crippen LogP contribution in [0.15, 0.2) is 83.5 Å². The Kier molecular flexibility index (Phi) is 7.57. The van der Waals surface area contributed by atoms with E-state index in [-0.39, 0.29) is 11.7 Å². The summed E-state index contributed by atoms with van der Waals surface area (Å²) in [6, 6.07) is 20.7. The van der Waals surface area contributed by atoms with Gasteiger partial charge >= 0.3 is 0 Å². The van der Waals surface area contributed by atoms with Gasteiger partial charge in [0.15, 0.2) is 6.23 Å². The van der Waals surface area contributed by atoms with E-state index >= 15 is 0 Å². The Balaban J connectivity index is 1.46. The van der Waals surface area contributed by atoms with Crippen molar-refractivity contribution < 1.29 is 22.3 Å². The predicted octanol–water partition coefficient (Wildman–Crippen LogP) is 5.30. The number of ether oxygens (including phenoxy) is 1. The van der Waals surface area contributed by atoms with E-state index in [1.807, 2.05) is 42.6 Å². The lowest BCUT2D eigenvalue weighted by molar-refractivity contribution is -0.130. The van der Waals surface area contributed by atoms with Gasteiger partial charge in [-0.1, -0.05) is 28.1 Å². The van der Waals surface area contributed by atoms with E-state index < -0.39 is 22.4 Å². The summed E-state index contributed by atoms with van der Waals surface area (Å²) in [4.78, 5) is 14.9. The average Bonchev–Trinajstić information content (AvgIpc) is 3.45. The first-order valence-corrected chi connectivity index (χ1v) is 14.9. The third-order valence-electron chi connectivity index (χ3n) is 6.36. The molecule has 1 saturated heterocycles. The maximum Gasteiger partial charge on any atom is 0.253 e. The van der Waals surface area contributed by atoms with Gasteiger partial charge in [-0.15, -0.1) is 0 Å². The second-order valence-corrected chi connectivity index (χ2v) is 12.0. The monoisotopic (exact) mass is 612 g/mol. The second kappa shape index (κ2) is 10.9. The molecule has 202 valence electrons. The fourth-order valence-corrected chi connectivity index (χ4v) is 5.30. The Morgan fingerprint density at radius 3 is 2.33 bits per heavy atom. The molecule has 1 aliphatic heterocycles. The van der Waals surface area contributed by atoms with Gasteiger partial charge < -0.3 is 9.64 Å². The quantitative estimate of drug-likeness (QED) is 0.291. The Labute approximate surface area is 234 Å². The van der Waals surface area contributed by atoms with Gasteiger partial charge in [-0.25, -0.2) is 17.5 Å². The van der Waals surface area contributed by atoms with Gasteiger partial charge in [0.2, 0.25) is 10.0 Å². The minimum Gasteiger partial charge on any atom is -0.341 e. The first-order chi connectivity index (χ1) is 18.6.